The van der Waals surface area contributed by atoms with Crippen molar-refractivity contribution in [2.24, 2.45) is 11.8 Å². The number of hydrogen-bond donors (Lipinski definition) is 2. The average Bonchev–Trinajstić information content (AvgIpc) is 2.84. The molecule has 22 heavy (non-hydrogen) atoms. The third kappa shape index (κ3) is 2.90. The molecule has 120 valence electrons. The molecule has 2 N–H and O–H groups in total. The van der Waals surface area contributed by atoms with Crippen LogP contribution in [-0.4, -0.2) is 46.2 Å². The molecule has 6 nitrogen and oxygen atoms in total. The molecule has 2 fully saturated rings. The maximum Gasteiger partial charge on any atom is 0.217 e. The fraction of sp³-hybridized carbons (Fsp3) is 0.667. The summed E-state index contributed by atoms with van der Waals surface area (Å²) in [5.41, 5.74) is 0. The van der Waals surface area contributed by atoms with Gasteiger partial charge in [0.15, 0.2) is 11.6 Å². The number of hydrogen-bond acceptors (Lipinski definition) is 5. The number of carbonyl (C=O) groups excluding carboxylic acids is 1. The summed E-state index contributed by atoms with van der Waals surface area (Å²) in [5, 5.41) is 13.0. The third-order valence-corrected chi connectivity index (χ3v) is 4.68. The van der Waals surface area contributed by atoms with Gasteiger partial charge in [-0.25, -0.2) is 14.4 Å². The number of amides is 1. The molecule has 3 rings (SSSR count). The van der Waals surface area contributed by atoms with Crippen molar-refractivity contribution < 1.29 is 14.3 Å². The van der Waals surface area contributed by atoms with Crippen LogP contribution in [0.5, 0.6) is 0 Å². The van der Waals surface area contributed by atoms with Crippen LogP contribution < -0.4 is 10.2 Å². The molecule has 0 unspecified atom stereocenters. The summed E-state index contributed by atoms with van der Waals surface area (Å²) >= 11 is 0. The Morgan fingerprint density at radius 2 is 2.09 bits per heavy atom. The largest absolute Gasteiger partial charge is 0.391 e. The highest BCUT2D eigenvalue weighted by molar-refractivity contribution is 5.73. The van der Waals surface area contributed by atoms with E-state index >= 15 is 0 Å². The normalized spacial score (nSPS) is 31.0. The van der Waals surface area contributed by atoms with Gasteiger partial charge >= 0.3 is 0 Å². The Morgan fingerprint density at radius 3 is 2.77 bits per heavy atom. The van der Waals surface area contributed by atoms with E-state index in [1.165, 1.54) is 13.1 Å². The van der Waals surface area contributed by atoms with Crippen molar-refractivity contribution in [3.05, 3.63) is 17.8 Å². The van der Waals surface area contributed by atoms with Gasteiger partial charge in [0.05, 0.1) is 18.3 Å². The topological polar surface area (TPSA) is 78.4 Å². The van der Waals surface area contributed by atoms with E-state index in [2.05, 4.69) is 15.3 Å². The first kappa shape index (κ1) is 15.1. The molecular weight excluding hydrogens is 287 g/mol. The van der Waals surface area contributed by atoms with E-state index in [4.69, 9.17) is 0 Å². The zero-order chi connectivity index (χ0) is 15.9. The van der Waals surface area contributed by atoms with Crippen LogP contribution in [0.4, 0.5) is 10.2 Å². The summed E-state index contributed by atoms with van der Waals surface area (Å²) in [7, 11) is 0. The zero-order valence-corrected chi connectivity index (χ0v) is 12.8. The lowest BCUT2D eigenvalue weighted by Gasteiger charge is -2.35. The highest BCUT2D eigenvalue weighted by Gasteiger charge is 2.42. The summed E-state index contributed by atoms with van der Waals surface area (Å²) in [6.45, 7) is 4.57. The lowest BCUT2D eigenvalue weighted by molar-refractivity contribution is -0.121. The lowest BCUT2D eigenvalue weighted by atomic mass is 9.77. The van der Waals surface area contributed by atoms with Crippen molar-refractivity contribution >= 4 is 11.7 Å². The molecule has 1 aliphatic carbocycles. The van der Waals surface area contributed by atoms with Gasteiger partial charge in [0, 0.05) is 20.0 Å². The van der Waals surface area contributed by atoms with Crippen molar-refractivity contribution in [1.82, 2.24) is 15.3 Å². The van der Waals surface area contributed by atoms with Gasteiger partial charge in [0.2, 0.25) is 5.91 Å². The SMILES string of the molecule is CC(=O)N[C@@H]1C[C@@H]2CN(c3nc(C)ncc3F)C[C@@H]2C[C@H]1O. The number of aliphatic hydroxyl groups excluding tert-OH is 1. The molecule has 1 saturated carbocycles. The first-order chi connectivity index (χ1) is 10.4. The number of fused-ring (bicyclic) bond motifs is 1. The molecule has 1 aromatic heterocycles. The number of aromatic nitrogens is 2. The molecule has 2 heterocycles. The summed E-state index contributed by atoms with van der Waals surface area (Å²) in [6.07, 6.45) is 2.00. The van der Waals surface area contributed by atoms with E-state index < -0.39 is 11.9 Å². The van der Waals surface area contributed by atoms with Crippen LogP contribution in [0.3, 0.4) is 0 Å². The van der Waals surface area contributed by atoms with Crippen molar-refractivity contribution in [3.63, 3.8) is 0 Å². The molecule has 1 saturated heterocycles. The van der Waals surface area contributed by atoms with Gasteiger partial charge in [-0.05, 0) is 31.6 Å². The van der Waals surface area contributed by atoms with E-state index in [1.54, 1.807) is 6.92 Å². The predicted octanol–water partition coefficient (Wildman–Crippen LogP) is 0.636. The number of nitrogens with zero attached hydrogens (tertiary/aromatic N) is 3. The summed E-state index contributed by atoms with van der Waals surface area (Å²) in [5.74, 6) is 0.970. The maximum absolute atomic E-state index is 14.0. The highest BCUT2D eigenvalue weighted by atomic mass is 19.1. The number of nitrogens with one attached hydrogen (secondary N) is 1. The van der Waals surface area contributed by atoms with E-state index in [-0.39, 0.29) is 11.9 Å². The van der Waals surface area contributed by atoms with Gasteiger partial charge in [-0.2, -0.15) is 0 Å². The van der Waals surface area contributed by atoms with Crippen LogP contribution in [0, 0.1) is 24.6 Å². The zero-order valence-electron chi connectivity index (χ0n) is 12.8. The fourth-order valence-electron chi connectivity index (χ4n) is 3.68. The number of aliphatic hydroxyl groups is 1. The van der Waals surface area contributed by atoms with Crippen LogP contribution in [0.15, 0.2) is 6.20 Å². The Kier molecular flexibility index (Phi) is 3.99. The second kappa shape index (κ2) is 5.79. The van der Waals surface area contributed by atoms with Gasteiger partial charge < -0.3 is 15.3 Å². The quantitative estimate of drug-likeness (QED) is 0.838. The first-order valence-corrected chi connectivity index (χ1v) is 7.63. The molecule has 2 aliphatic rings. The predicted molar refractivity (Wildman–Crippen MR) is 78.8 cm³/mol. The molecule has 1 aliphatic heterocycles. The second-order valence-corrected chi connectivity index (χ2v) is 6.36. The standard InChI is InChI=1S/C15H21FN4O2/c1-8-17-5-12(16)15(18-8)20-6-10-3-13(19-9(2)21)14(22)4-11(10)7-20/h5,10-11,13-14,22H,3-4,6-7H2,1-2H3,(H,19,21)/t10-,11+,13-,14-/m1/s1. The van der Waals surface area contributed by atoms with Gasteiger partial charge in [-0.1, -0.05) is 0 Å². The Hall–Kier alpha value is -1.76. The van der Waals surface area contributed by atoms with Crippen molar-refractivity contribution in [1.29, 1.82) is 0 Å². The molecule has 4 atom stereocenters. The minimum Gasteiger partial charge on any atom is -0.391 e. The first-order valence-electron chi connectivity index (χ1n) is 7.63. The molecule has 0 bridgehead atoms. The van der Waals surface area contributed by atoms with Crippen molar-refractivity contribution in [2.45, 2.75) is 38.8 Å². The number of halogens is 1. The van der Waals surface area contributed by atoms with Gasteiger partial charge in [-0.15, -0.1) is 0 Å². The summed E-state index contributed by atoms with van der Waals surface area (Å²) in [4.78, 5) is 21.2. The molecule has 1 amide bonds. The average molecular weight is 308 g/mol. The summed E-state index contributed by atoms with van der Waals surface area (Å²) < 4.78 is 14.0. The van der Waals surface area contributed by atoms with E-state index in [0.717, 1.165) is 0 Å². The lowest BCUT2D eigenvalue weighted by Crippen LogP contribution is -2.48. The fourth-order valence-corrected chi connectivity index (χ4v) is 3.68. The molecule has 0 spiro atoms. The monoisotopic (exact) mass is 308 g/mol. The third-order valence-electron chi connectivity index (χ3n) is 4.68. The Balaban J connectivity index is 1.74. The Morgan fingerprint density at radius 1 is 1.41 bits per heavy atom. The van der Waals surface area contributed by atoms with Crippen molar-refractivity contribution in [3.8, 4) is 0 Å². The second-order valence-electron chi connectivity index (χ2n) is 6.36. The number of aryl methyl sites for hydroxylation is 1. The minimum absolute atomic E-state index is 0.130. The van der Waals surface area contributed by atoms with E-state index in [0.29, 0.717) is 49.4 Å². The molecular formula is C15H21FN4O2. The highest BCUT2D eigenvalue weighted by Crippen LogP contribution is 2.38. The van der Waals surface area contributed by atoms with Gasteiger partial charge in [0.25, 0.3) is 0 Å². The Bertz CT molecular complexity index is 583. The number of carbonyl (C=O) groups is 1. The molecule has 0 radical (unpaired) electrons. The number of rotatable bonds is 2. The number of anilines is 1. The maximum atomic E-state index is 14.0. The van der Waals surface area contributed by atoms with Crippen molar-refractivity contribution in [2.75, 3.05) is 18.0 Å². The minimum atomic E-state index is -0.540. The van der Waals surface area contributed by atoms with Crippen LogP contribution in [0.2, 0.25) is 0 Å². The van der Waals surface area contributed by atoms with E-state index in [1.807, 2.05) is 4.90 Å². The molecule has 0 aromatic carbocycles. The van der Waals surface area contributed by atoms with Crippen LogP contribution in [-0.2, 0) is 4.79 Å². The van der Waals surface area contributed by atoms with E-state index in [9.17, 15) is 14.3 Å². The smallest absolute Gasteiger partial charge is 0.217 e. The Labute approximate surface area is 128 Å². The van der Waals surface area contributed by atoms with Crippen LogP contribution in [0.25, 0.3) is 0 Å². The van der Waals surface area contributed by atoms with Crippen LogP contribution in [0.1, 0.15) is 25.6 Å². The van der Waals surface area contributed by atoms with Gasteiger partial charge in [0.1, 0.15) is 5.82 Å². The molecule has 7 heteroatoms. The van der Waals surface area contributed by atoms with Crippen LogP contribution >= 0.6 is 0 Å². The molecule has 1 aromatic rings. The van der Waals surface area contributed by atoms with Gasteiger partial charge in [-0.3, -0.25) is 4.79 Å². The summed E-state index contributed by atoms with van der Waals surface area (Å²) in [6, 6.07) is -0.212.